The number of hydrogen-bond acceptors (Lipinski definition) is 2. The van der Waals surface area contributed by atoms with Gasteiger partial charge in [-0.25, -0.2) is 0 Å². The molecule has 4 aliphatic rings. The third-order valence-corrected chi connectivity index (χ3v) is 15.2. The summed E-state index contributed by atoms with van der Waals surface area (Å²) in [5.41, 5.74) is 23.9. The van der Waals surface area contributed by atoms with Crippen LogP contribution >= 0.6 is 0 Å². The van der Waals surface area contributed by atoms with Crippen molar-refractivity contribution in [1.82, 2.24) is 0 Å². The lowest BCUT2D eigenvalue weighted by Crippen LogP contribution is -2.60. The molecule has 0 unspecified atom stereocenters. The number of fused-ring (bicyclic) bond motifs is 8. The zero-order chi connectivity index (χ0) is 43.0. The monoisotopic (exact) mass is 816 g/mol. The molecule has 0 aromatic heterocycles. The maximum absolute atomic E-state index is 2.67. The van der Waals surface area contributed by atoms with Crippen LogP contribution in [0.5, 0.6) is 0 Å². The van der Waals surface area contributed by atoms with E-state index in [4.69, 9.17) is 0 Å². The van der Waals surface area contributed by atoms with Crippen LogP contribution in [0, 0.1) is 0 Å². The van der Waals surface area contributed by atoms with Crippen LogP contribution in [-0.2, 0) is 10.8 Å². The molecule has 64 heavy (non-hydrogen) atoms. The van der Waals surface area contributed by atoms with Crippen molar-refractivity contribution in [2.75, 3.05) is 9.80 Å². The quantitative estimate of drug-likeness (QED) is 0.127. The summed E-state index contributed by atoms with van der Waals surface area (Å²) >= 11 is 0. The highest BCUT2D eigenvalue weighted by molar-refractivity contribution is 7.02. The smallest absolute Gasteiger partial charge is 0.248 e. The SMILES string of the molecule is CC(C)(C)c1cc2c3c(cc4c(C(C)(C)C)cc5c6c(cc1c3c46)B1c3ccccc3N(c3ccccc3)c3cccc-5c31)B1c3ccccc3N(c3ccccc3)c3cccc-2c31. The van der Waals surface area contributed by atoms with Crippen molar-refractivity contribution in [1.29, 1.82) is 0 Å². The minimum absolute atomic E-state index is 0.0827. The van der Waals surface area contributed by atoms with Crippen LogP contribution in [0.3, 0.4) is 0 Å². The van der Waals surface area contributed by atoms with E-state index in [-0.39, 0.29) is 24.3 Å². The maximum atomic E-state index is 2.67. The molecule has 0 saturated heterocycles. The molecule has 302 valence electrons. The van der Waals surface area contributed by atoms with Gasteiger partial charge in [0.2, 0.25) is 13.4 Å². The van der Waals surface area contributed by atoms with E-state index in [9.17, 15) is 0 Å². The Kier molecular flexibility index (Phi) is 7.04. The number of rotatable bonds is 2. The van der Waals surface area contributed by atoms with Crippen LogP contribution in [0.4, 0.5) is 34.1 Å². The summed E-state index contributed by atoms with van der Waals surface area (Å²) in [5.74, 6) is 0. The lowest BCUT2D eigenvalue weighted by molar-refractivity contribution is 0.595. The second-order valence-corrected chi connectivity index (χ2v) is 20.8. The minimum Gasteiger partial charge on any atom is -0.312 e. The molecule has 2 nitrogen and oxygen atoms in total. The topological polar surface area (TPSA) is 6.48 Å². The second kappa shape index (κ2) is 12.4. The predicted molar refractivity (Wildman–Crippen MR) is 277 cm³/mol. The van der Waals surface area contributed by atoms with Crippen molar-refractivity contribution in [2.45, 2.75) is 52.4 Å². The molecule has 4 aliphatic heterocycles. The van der Waals surface area contributed by atoms with Gasteiger partial charge in [0.25, 0.3) is 0 Å². The third-order valence-electron chi connectivity index (χ3n) is 15.2. The third kappa shape index (κ3) is 4.58. The van der Waals surface area contributed by atoms with Gasteiger partial charge >= 0.3 is 0 Å². The van der Waals surface area contributed by atoms with E-state index in [0.29, 0.717) is 0 Å². The van der Waals surface area contributed by atoms with Gasteiger partial charge < -0.3 is 9.80 Å². The van der Waals surface area contributed by atoms with E-state index in [1.807, 2.05) is 0 Å². The van der Waals surface area contributed by atoms with Gasteiger partial charge in [0.15, 0.2) is 0 Å². The molecule has 14 rings (SSSR count). The first-order valence-corrected chi connectivity index (χ1v) is 23.1. The summed E-state index contributed by atoms with van der Waals surface area (Å²) in [7, 11) is 0. The molecule has 0 fully saturated rings. The molecule has 10 aromatic rings. The average molecular weight is 817 g/mol. The molecular formula is C60H46B2N2. The van der Waals surface area contributed by atoms with Crippen LogP contribution in [0.2, 0.25) is 0 Å². The highest BCUT2D eigenvalue weighted by Crippen LogP contribution is 2.52. The molecule has 10 aromatic carbocycles. The largest absolute Gasteiger partial charge is 0.312 e. The molecule has 0 spiro atoms. The molecule has 4 heterocycles. The minimum atomic E-state index is -0.123. The number of para-hydroxylation sites is 4. The van der Waals surface area contributed by atoms with E-state index in [2.05, 4.69) is 221 Å². The average Bonchev–Trinajstić information content (AvgIpc) is 3.30. The van der Waals surface area contributed by atoms with Gasteiger partial charge in [-0.05, 0) is 159 Å². The normalized spacial score (nSPS) is 14.3. The molecule has 0 N–H and O–H groups in total. The summed E-state index contributed by atoms with van der Waals surface area (Å²) < 4.78 is 0. The Balaban J connectivity index is 1.18. The van der Waals surface area contributed by atoms with Gasteiger partial charge in [-0.1, -0.05) is 162 Å². The lowest BCUT2D eigenvalue weighted by Gasteiger charge is -2.43. The van der Waals surface area contributed by atoms with E-state index >= 15 is 0 Å². The lowest BCUT2D eigenvalue weighted by atomic mass is 9.31. The first-order valence-electron chi connectivity index (χ1n) is 23.1. The number of anilines is 6. The Morgan fingerprint density at radius 2 is 0.703 bits per heavy atom. The van der Waals surface area contributed by atoms with Crippen LogP contribution in [-0.4, -0.2) is 13.4 Å². The Hall–Kier alpha value is -7.03. The molecule has 0 atom stereocenters. The molecule has 0 saturated carbocycles. The first-order chi connectivity index (χ1) is 31.1. The fraction of sp³-hybridized carbons (Fsp3) is 0.133. The number of hydrogen-bond donors (Lipinski definition) is 0. The molecule has 4 heteroatoms. The van der Waals surface area contributed by atoms with Gasteiger partial charge in [-0.15, -0.1) is 0 Å². The van der Waals surface area contributed by atoms with Crippen molar-refractivity contribution in [3.63, 3.8) is 0 Å². The van der Waals surface area contributed by atoms with Gasteiger partial charge in [0.05, 0.1) is 0 Å². The second-order valence-electron chi connectivity index (χ2n) is 20.8. The standard InChI is InChI=1S/C60H46B2N2/c1-59(2,3)43-31-39-37-23-17-29-51-57(37)62(46-26-14-16-28-50(46)63(51)35-19-9-7-10-20-35)48-34-42-44(60(4,5)6)32-40-38-24-18-30-52-58(38)61(47-33-41(43)55(53(39)48)56(42)54(40)47)45-25-13-15-27-49(45)64(52)36-21-11-8-12-22-36/h7-34H,1-6H3. The molecule has 0 radical (unpaired) electrons. The van der Waals surface area contributed by atoms with Gasteiger partial charge in [-0.3, -0.25) is 0 Å². The molecular weight excluding hydrogens is 770 g/mol. The van der Waals surface area contributed by atoms with Crippen molar-refractivity contribution in [2.24, 2.45) is 0 Å². The fourth-order valence-corrected chi connectivity index (χ4v) is 12.8. The van der Waals surface area contributed by atoms with Crippen molar-refractivity contribution in [3.05, 3.63) is 181 Å². The fourth-order valence-electron chi connectivity index (χ4n) is 12.8. The summed E-state index contributed by atoms with van der Waals surface area (Å²) in [6.45, 7) is 14.7. The first kappa shape index (κ1) is 36.5. The van der Waals surface area contributed by atoms with Crippen LogP contribution < -0.4 is 42.6 Å². The van der Waals surface area contributed by atoms with Crippen molar-refractivity contribution >= 4 is 113 Å². The number of nitrogens with zero attached hydrogens (tertiary/aromatic N) is 2. The molecule has 0 aliphatic carbocycles. The summed E-state index contributed by atoms with van der Waals surface area (Å²) in [5, 5.41) is 8.53. The van der Waals surface area contributed by atoms with E-state index in [1.165, 1.54) is 133 Å². The van der Waals surface area contributed by atoms with Crippen LogP contribution in [0.15, 0.2) is 170 Å². The Morgan fingerprint density at radius 1 is 0.328 bits per heavy atom. The molecule has 0 amide bonds. The summed E-state index contributed by atoms with van der Waals surface area (Å²) in [6, 6.07) is 65.0. The van der Waals surface area contributed by atoms with Crippen molar-refractivity contribution in [3.8, 4) is 22.3 Å². The van der Waals surface area contributed by atoms with Gasteiger partial charge in [0, 0.05) is 34.1 Å². The van der Waals surface area contributed by atoms with Crippen molar-refractivity contribution < 1.29 is 0 Å². The Bertz CT molecular complexity index is 3410. The Labute approximate surface area is 376 Å². The Morgan fingerprint density at radius 3 is 1.11 bits per heavy atom. The van der Waals surface area contributed by atoms with Crippen LogP contribution in [0.25, 0.3) is 54.6 Å². The highest BCUT2D eigenvalue weighted by Gasteiger charge is 2.46. The van der Waals surface area contributed by atoms with E-state index in [0.717, 1.165) is 0 Å². The summed E-state index contributed by atoms with van der Waals surface area (Å²) in [6.07, 6.45) is 0. The predicted octanol–water partition coefficient (Wildman–Crippen LogP) is 11.7. The van der Waals surface area contributed by atoms with Gasteiger partial charge in [0.1, 0.15) is 0 Å². The van der Waals surface area contributed by atoms with E-state index < -0.39 is 0 Å². The molecule has 0 bridgehead atoms. The summed E-state index contributed by atoms with van der Waals surface area (Å²) in [4.78, 5) is 5.02. The van der Waals surface area contributed by atoms with Gasteiger partial charge in [-0.2, -0.15) is 0 Å². The number of benzene rings is 10. The zero-order valence-electron chi connectivity index (χ0n) is 37.2. The van der Waals surface area contributed by atoms with Crippen LogP contribution in [0.1, 0.15) is 52.7 Å². The zero-order valence-corrected chi connectivity index (χ0v) is 37.2. The highest BCUT2D eigenvalue weighted by atomic mass is 15.2. The van der Waals surface area contributed by atoms with E-state index in [1.54, 1.807) is 0 Å². The maximum Gasteiger partial charge on any atom is 0.248 e.